The van der Waals surface area contributed by atoms with Crippen LogP contribution in [0.25, 0.3) is 0 Å². The minimum absolute atomic E-state index is 0.176. The van der Waals surface area contributed by atoms with E-state index in [-0.39, 0.29) is 10.8 Å². The van der Waals surface area contributed by atoms with E-state index in [0.717, 1.165) is 5.69 Å². The van der Waals surface area contributed by atoms with Gasteiger partial charge in [0.15, 0.2) is 11.6 Å². The predicted octanol–water partition coefficient (Wildman–Crippen LogP) is 2.22. The van der Waals surface area contributed by atoms with Gasteiger partial charge in [-0.3, -0.25) is 4.68 Å². The fourth-order valence-corrected chi connectivity index (χ4v) is 1.42. The topological polar surface area (TPSA) is 42.7 Å². The van der Waals surface area contributed by atoms with Crippen LogP contribution in [0.15, 0.2) is 24.5 Å². The highest BCUT2D eigenvalue weighted by Crippen LogP contribution is 2.15. The third-order valence-electron chi connectivity index (χ3n) is 2.01. The molecule has 0 aliphatic heterocycles. The molecular formula is C10H10ClFN4. The van der Waals surface area contributed by atoms with Gasteiger partial charge in [0.05, 0.1) is 17.3 Å². The van der Waals surface area contributed by atoms with Crippen molar-refractivity contribution in [3.63, 3.8) is 0 Å². The molecule has 2 aromatic heterocycles. The average Bonchev–Trinajstić information content (AvgIpc) is 2.63. The van der Waals surface area contributed by atoms with Gasteiger partial charge >= 0.3 is 0 Å². The van der Waals surface area contributed by atoms with Crippen molar-refractivity contribution in [2.45, 2.75) is 6.54 Å². The number of hydrogen-bond donors (Lipinski definition) is 1. The van der Waals surface area contributed by atoms with Crippen LogP contribution in [0.5, 0.6) is 0 Å². The molecule has 0 amide bonds. The van der Waals surface area contributed by atoms with E-state index in [4.69, 9.17) is 11.6 Å². The summed E-state index contributed by atoms with van der Waals surface area (Å²) in [6.45, 7) is 0.423. The highest BCUT2D eigenvalue weighted by Gasteiger charge is 2.04. The van der Waals surface area contributed by atoms with Crippen LogP contribution in [-0.2, 0) is 13.6 Å². The molecule has 0 fully saturated rings. The molecule has 0 aliphatic rings. The molecule has 4 nitrogen and oxygen atoms in total. The Kier molecular flexibility index (Phi) is 3.05. The second-order valence-electron chi connectivity index (χ2n) is 3.32. The molecule has 1 N–H and O–H groups in total. The van der Waals surface area contributed by atoms with Gasteiger partial charge in [-0.1, -0.05) is 11.6 Å². The molecule has 0 aliphatic carbocycles. The lowest BCUT2D eigenvalue weighted by molar-refractivity contribution is 0.624. The lowest BCUT2D eigenvalue weighted by atomic mass is 10.4. The Balaban J connectivity index is 2.04. The van der Waals surface area contributed by atoms with Crippen LogP contribution in [0.3, 0.4) is 0 Å². The van der Waals surface area contributed by atoms with E-state index in [1.54, 1.807) is 4.68 Å². The van der Waals surface area contributed by atoms with Crippen molar-refractivity contribution in [3.8, 4) is 0 Å². The minimum atomic E-state index is -0.469. The molecule has 2 heterocycles. The highest BCUT2D eigenvalue weighted by atomic mass is 35.5. The van der Waals surface area contributed by atoms with Crippen LogP contribution in [0.2, 0.25) is 5.02 Å². The Morgan fingerprint density at radius 2 is 2.38 bits per heavy atom. The predicted molar refractivity (Wildman–Crippen MR) is 59.7 cm³/mol. The number of hydrogen-bond acceptors (Lipinski definition) is 3. The summed E-state index contributed by atoms with van der Waals surface area (Å²) >= 11 is 5.59. The normalized spacial score (nSPS) is 10.4. The molecule has 0 unspecified atom stereocenters. The Bertz CT molecular complexity index is 497. The van der Waals surface area contributed by atoms with Gasteiger partial charge in [-0.2, -0.15) is 5.10 Å². The number of rotatable bonds is 3. The minimum Gasteiger partial charge on any atom is -0.362 e. The van der Waals surface area contributed by atoms with Crippen molar-refractivity contribution in [2.24, 2.45) is 7.05 Å². The summed E-state index contributed by atoms with van der Waals surface area (Å²) < 4.78 is 15.0. The zero-order valence-electron chi connectivity index (χ0n) is 8.61. The number of aryl methyl sites for hydroxylation is 1. The molecule has 2 aromatic rings. The Morgan fingerprint density at radius 1 is 1.56 bits per heavy atom. The molecular weight excluding hydrogens is 231 g/mol. The third-order valence-corrected chi connectivity index (χ3v) is 2.22. The van der Waals surface area contributed by atoms with Crippen LogP contribution in [0.1, 0.15) is 5.69 Å². The fraction of sp³-hybridized carbons (Fsp3) is 0.200. The number of nitrogens with zero attached hydrogens (tertiary/aromatic N) is 3. The summed E-state index contributed by atoms with van der Waals surface area (Å²) in [7, 11) is 1.82. The first-order valence-corrected chi connectivity index (χ1v) is 5.06. The lowest BCUT2D eigenvalue weighted by Crippen LogP contribution is -2.04. The van der Waals surface area contributed by atoms with Crippen molar-refractivity contribution < 1.29 is 4.39 Å². The van der Waals surface area contributed by atoms with Gasteiger partial charge in [0.25, 0.3) is 0 Å². The largest absolute Gasteiger partial charge is 0.362 e. The quantitative estimate of drug-likeness (QED) is 0.895. The number of pyridine rings is 1. The number of halogens is 2. The van der Waals surface area contributed by atoms with E-state index in [9.17, 15) is 4.39 Å². The molecule has 0 aromatic carbocycles. The van der Waals surface area contributed by atoms with Crippen LogP contribution in [-0.4, -0.2) is 14.8 Å². The summed E-state index contributed by atoms with van der Waals surface area (Å²) in [6, 6.07) is 3.07. The zero-order valence-corrected chi connectivity index (χ0v) is 9.37. The number of nitrogens with one attached hydrogen (secondary N) is 1. The number of aromatic nitrogens is 3. The SMILES string of the molecule is Cn1ccc(CNc2ncc(Cl)cc2F)n1. The van der Waals surface area contributed by atoms with Gasteiger partial charge < -0.3 is 5.32 Å². The molecule has 6 heteroatoms. The summed E-state index contributed by atoms with van der Waals surface area (Å²) in [5.74, 6) is -0.293. The molecule has 84 valence electrons. The van der Waals surface area contributed by atoms with Crippen molar-refractivity contribution in [1.82, 2.24) is 14.8 Å². The second-order valence-corrected chi connectivity index (χ2v) is 3.75. The van der Waals surface area contributed by atoms with Gasteiger partial charge in [0.1, 0.15) is 0 Å². The summed E-state index contributed by atoms with van der Waals surface area (Å²) in [6.07, 6.45) is 3.22. The van der Waals surface area contributed by atoms with Crippen LogP contribution in [0.4, 0.5) is 10.2 Å². The van der Waals surface area contributed by atoms with Gasteiger partial charge in [0.2, 0.25) is 0 Å². The van der Waals surface area contributed by atoms with E-state index in [0.29, 0.717) is 6.54 Å². The molecule has 0 radical (unpaired) electrons. The molecule has 0 bridgehead atoms. The van der Waals surface area contributed by atoms with E-state index >= 15 is 0 Å². The van der Waals surface area contributed by atoms with Crippen LogP contribution < -0.4 is 5.32 Å². The Labute approximate surface area is 97.1 Å². The Morgan fingerprint density at radius 3 is 3.00 bits per heavy atom. The third kappa shape index (κ3) is 2.49. The molecule has 0 saturated carbocycles. The molecule has 0 atom stereocenters. The highest BCUT2D eigenvalue weighted by molar-refractivity contribution is 6.30. The zero-order chi connectivity index (χ0) is 11.5. The second kappa shape index (κ2) is 4.49. The van der Waals surface area contributed by atoms with E-state index in [1.807, 2.05) is 19.3 Å². The van der Waals surface area contributed by atoms with E-state index in [1.165, 1.54) is 12.3 Å². The van der Waals surface area contributed by atoms with Gasteiger partial charge in [-0.05, 0) is 12.1 Å². The first kappa shape index (κ1) is 10.9. The van der Waals surface area contributed by atoms with E-state index < -0.39 is 5.82 Å². The maximum Gasteiger partial charge on any atom is 0.166 e. The first-order chi connectivity index (χ1) is 7.65. The molecule has 2 rings (SSSR count). The smallest absolute Gasteiger partial charge is 0.166 e. The molecule has 16 heavy (non-hydrogen) atoms. The maximum absolute atomic E-state index is 13.3. The lowest BCUT2D eigenvalue weighted by Gasteiger charge is -2.04. The summed E-state index contributed by atoms with van der Waals surface area (Å²) in [4.78, 5) is 3.85. The van der Waals surface area contributed by atoms with Crippen molar-refractivity contribution in [3.05, 3.63) is 41.1 Å². The van der Waals surface area contributed by atoms with Crippen molar-refractivity contribution in [1.29, 1.82) is 0 Å². The standard InChI is InChI=1S/C10H10ClFN4/c1-16-3-2-8(15-16)6-14-10-9(12)4-7(11)5-13-10/h2-5H,6H2,1H3,(H,13,14). The van der Waals surface area contributed by atoms with Gasteiger partial charge in [0, 0.05) is 19.4 Å². The molecule has 0 saturated heterocycles. The fourth-order valence-electron chi connectivity index (χ4n) is 1.28. The summed E-state index contributed by atoms with van der Waals surface area (Å²) in [5.41, 5.74) is 0.818. The summed E-state index contributed by atoms with van der Waals surface area (Å²) in [5, 5.41) is 7.28. The maximum atomic E-state index is 13.3. The first-order valence-electron chi connectivity index (χ1n) is 4.68. The number of anilines is 1. The van der Waals surface area contributed by atoms with Crippen LogP contribution >= 0.6 is 11.6 Å². The van der Waals surface area contributed by atoms with Crippen molar-refractivity contribution >= 4 is 17.4 Å². The molecule has 0 spiro atoms. The van der Waals surface area contributed by atoms with E-state index in [2.05, 4.69) is 15.4 Å². The Hall–Kier alpha value is -1.62. The van der Waals surface area contributed by atoms with Gasteiger partial charge in [-0.25, -0.2) is 9.37 Å². The van der Waals surface area contributed by atoms with Gasteiger partial charge in [-0.15, -0.1) is 0 Å². The van der Waals surface area contributed by atoms with Crippen LogP contribution in [0, 0.1) is 5.82 Å². The average molecular weight is 241 g/mol. The van der Waals surface area contributed by atoms with Crippen molar-refractivity contribution in [2.75, 3.05) is 5.32 Å². The monoisotopic (exact) mass is 240 g/mol.